The number of rotatable bonds is 0. The number of imidazole rings is 1. The molecule has 0 radical (unpaired) electrons. The van der Waals surface area contributed by atoms with Crippen molar-refractivity contribution in [2.24, 2.45) is 21.1 Å². The largest absolute Gasteiger partial charge is 0 e. The van der Waals surface area contributed by atoms with Gasteiger partial charge in [-0.25, -0.2) is 9.78 Å². The zero-order valence-electron chi connectivity index (χ0n) is 9.99. The molecule has 0 N–H and O–H groups in total. The van der Waals surface area contributed by atoms with Gasteiger partial charge in [-0.15, -0.1) is 0 Å². The van der Waals surface area contributed by atoms with Gasteiger partial charge in [-0.2, -0.15) is 0 Å². The number of hydrogen-bond acceptors (Lipinski definition) is 5. The SMILES string of the molecule is C.C.C.C.C.C.C.C.Cn1c(=O)c2c(ncn2C)n(C)c1=O.N#N.[C-]#[O+].[HH]. The molecule has 0 spiro atoms. The molecule has 0 bridgehead atoms. The van der Waals surface area contributed by atoms with Gasteiger partial charge in [-0.1, -0.05) is 59.4 Å². The van der Waals surface area contributed by atoms with Gasteiger partial charge in [0.15, 0.2) is 11.2 Å². The van der Waals surface area contributed by atoms with Crippen molar-refractivity contribution in [1.82, 2.24) is 18.7 Å². The van der Waals surface area contributed by atoms with Gasteiger partial charge in [-0.3, -0.25) is 13.9 Å². The molecule has 0 aliphatic heterocycles. The van der Waals surface area contributed by atoms with E-state index in [4.69, 9.17) is 15.4 Å². The Morgan fingerprint density at radius 2 is 1.23 bits per heavy atom. The Morgan fingerprint density at radius 1 is 0.885 bits per heavy atom. The summed E-state index contributed by atoms with van der Waals surface area (Å²) in [5.41, 5.74) is 0.180. The van der Waals surface area contributed by atoms with E-state index in [1.165, 1.54) is 17.9 Å². The molecule has 0 amide bonds. The van der Waals surface area contributed by atoms with Gasteiger partial charge in [0, 0.05) is 33.4 Å². The monoisotopic (exact) mass is 380 g/mol. The van der Waals surface area contributed by atoms with Crippen LogP contribution >= 0.6 is 0 Å². The van der Waals surface area contributed by atoms with Gasteiger partial charge < -0.3 is 4.57 Å². The predicted molar refractivity (Wildman–Crippen MR) is 115 cm³/mol. The second-order valence-corrected chi connectivity index (χ2v) is 3.23. The molecule has 0 unspecified atom stereocenters. The Hall–Kier alpha value is -2.69. The number of fused-ring (bicyclic) bond motifs is 1. The van der Waals surface area contributed by atoms with Crippen molar-refractivity contribution in [3.63, 3.8) is 0 Å². The van der Waals surface area contributed by atoms with Crippen molar-refractivity contribution in [1.29, 1.82) is 10.8 Å². The third kappa shape index (κ3) is 9.57. The zero-order chi connectivity index (χ0) is 14.5. The van der Waals surface area contributed by atoms with Crippen molar-refractivity contribution in [3.8, 4) is 0 Å². The summed E-state index contributed by atoms with van der Waals surface area (Å²) in [5.74, 6) is 0. The first-order valence-corrected chi connectivity index (χ1v) is 4.51. The first-order chi connectivity index (χ1) is 8.54. The van der Waals surface area contributed by atoms with Gasteiger partial charge >= 0.3 is 17.0 Å². The second kappa shape index (κ2) is 24.6. The summed E-state index contributed by atoms with van der Waals surface area (Å²) in [6.07, 6.45) is 1.52. The van der Waals surface area contributed by atoms with Crippen molar-refractivity contribution in [2.75, 3.05) is 0 Å². The van der Waals surface area contributed by atoms with E-state index in [1.54, 1.807) is 18.7 Å². The minimum absolute atomic E-state index is 0. The molecule has 0 aliphatic carbocycles. The molecule has 2 heterocycles. The van der Waals surface area contributed by atoms with Crippen LogP contribution in [-0.4, -0.2) is 18.7 Å². The van der Waals surface area contributed by atoms with E-state index in [0.717, 1.165) is 4.57 Å². The maximum absolute atomic E-state index is 11.7. The standard InChI is InChI=1S/C8H10N4O2.CO.8CH4.N2.H2/c1-10-4-9-6-5(10)7(13)12(3)8(14)11(6)2;1-2;;;;;;;;;1-2;/h4H,1-3H3;;8*1H4;;1H. The van der Waals surface area contributed by atoms with Crippen LogP contribution in [0.1, 0.15) is 60.8 Å². The maximum atomic E-state index is 11.7. The first kappa shape index (κ1) is 56.7. The average Bonchev–Trinajstić information content (AvgIpc) is 2.81. The van der Waals surface area contributed by atoms with Crippen LogP contribution in [0.3, 0.4) is 0 Å². The van der Waals surface area contributed by atoms with Crippen LogP contribution in [0.25, 0.3) is 11.2 Å². The normalized spacial score (nSPS) is 6.12. The summed E-state index contributed by atoms with van der Waals surface area (Å²) >= 11 is 0. The summed E-state index contributed by atoms with van der Waals surface area (Å²) < 4.78 is 11.5. The number of hydrogen-bond donors (Lipinski definition) is 0. The molecule has 9 nitrogen and oxygen atoms in total. The summed E-state index contributed by atoms with van der Waals surface area (Å²) in [5, 5.41) is 12.0. The van der Waals surface area contributed by atoms with E-state index in [0.29, 0.717) is 11.2 Å². The Morgan fingerprint density at radius 3 is 1.58 bits per heavy atom. The Labute approximate surface area is 161 Å². The van der Waals surface area contributed by atoms with E-state index < -0.39 is 0 Å². The fraction of sp³-hybridized carbons (Fsp3) is 0.647. The minimum Gasteiger partial charge on any atom is 0 e. The summed E-state index contributed by atoms with van der Waals surface area (Å²) in [6.45, 7) is 4.50. The second-order valence-electron chi connectivity index (χ2n) is 3.23. The third-order valence-corrected chi connectivity index (χ3v) is 2.32. The molecule has 2 aromatic rings. The molecule has 0 fully saturated rings. The molecule has 0 atom stereocenters. The zero-order valence-corrected chi connectivity index (χ0v) is 9.99. The van der Waals surface area contributed by atoms with Crippen LogP contribution in [0, 0.1) is 17.4 Å². The molecule has 0 aliphatic rings. The van der Waals surface area contributed by atoms with Crippen molar-refractivity contribution in [2.45, 2.75) is 59.4 Å². The number of nitrogens with zero attached hydrogens (tertiary/aromatic N) is 6. The molecule has 0 aromatic carbocycles. The Bertz CT molecular complexity index is 708. The third-order valence-electron chi connectivity index (χ3n) is 2.32. The van der Waals surface area contributed by atoms with Gasteiger partial charge in [-0.05, 0) is 0 Å². The fourth-order valence-electron chi connectivity index (χ4n) is 1.47. The number of aryl methyl sites for hydroxylation is 2. The van der Waals surface area contributed by atoms with Crippen LogP contribution in [0.5, 0.6) is 0 Å². The molecule has 26 heavy (non-hydrogen) atoms. The van der Waals surface area contributed by atoms with Crippen LogP contribution in [0.15, 0.2) is 15.9 Å². The Balaban J connectivity index is -0.0000000262. The molecule has 0 saturated carbocycles. The molecule has 2 aromatic heterocycles. The first-order valence-electron chi connectivity index (χ1n) is 4.51. The van der Waals surface area contributed by atoms with E-state index >= 15 is 0 Å². The van der Waals surface area contributed by atoms with Gasteiger partial charge in [0.05, 0.1) is 6.33 Å². The van der Waals surface area contributed by atoms with Crippen molar-refractivity contribution >= 4 is 11.2 Å². The molecule has 9 heteroatoms. The Kier molecular flexibility index (Phi) is 53.5. The quantitative estimate of drug-likeness (QED) is 0.382. The predicted octanol–water partition coefficient (Wildman–Crippen LogP) is 4.30. The van der Waals surface area contributed by atoms with E-state index in [2.05, 4.69) is 11.6 Å². The van der Waals surface area contributed by atoms with E-state index in [9.17, 15) is 9.59 Å². The molecule has 160 valence electrons. The summed E-state index contributed by atoms with van der Waals surface area (Å²) in [7, 11) is 4.77. The van der Waals surface area contributed by atoms with Crippen LogP contribution in [-0.2, 0) is 25.8 Å². The van der Waals surface area contributed by atoms with Crippen LogP contribution < -0.4 is 11.2 Å². The molecular weight excluding hydrogens is 336 g/mol. The molecule has 0 saturated heterocycles. The molecule has 2 rings (SSSR count). The van der Waals surface area contributed by atoms with Gasteiger partial charge in [0.1, 0.15) is 0 Å². The van der Waals surface area contributed by atoms with Crippen LogP contribution in [0.2, 0.25) is 0 Å². The number of aromatic nitrogens is 4. The smallest absolute Gasteiger partial charge is 0 e. The fourth-order valence-corrected chi connectivity index (χ4v) is 1.47. The minimum atomic E-state index is -0.360. The van der Waals surface area contributed by atoms with E-state index in [-0.39, 0.29) is 72.1 Å². The van der Waals surface area contributed by atoms with Crippen molar-refractivity contribution in [3.05, 3.63) is 33.8 Å². The van der Waals surface area contributed by atoms with E-state index in [1.807, 2.05) is 0 Å². The summed E-state index contributed by atoms with van der Waals surface area (Å²) in [4.78, 5) is 27.2. The topological polar surface area (TPSA) is 129 Å². The maximum Gasteiger partial charge on any atom is 0 e. The average molecular weight is 381 g/mol. The van der Waals surface area contributed by atoms with Gasteiger partial charge in [0.2, 0.25) is 0 Å². The van der Waals surface area contributed by atoms with Crippen molar-refractivity contribution < 1.29 is 6.08 Å². The summed E-state index contributed by atoms with van der Waals surface area (Å²) in [6, 6.07) is 0. The van der Waals surface area contributed by atoms with Crippen LogP contribution in [0.4, 0.5) is 0 Å². The molecular formula is C17H44N6O3. The van der Waals surface area contributed by atoms with Gasteiger partial charge in [0.25, 0.3) is 5.56 Å².